The summed E-state index contributed by atoms with van der Waals surface area (Å²) >= 11 is 0. The third-order valence-electron chi connectivity index (χ3n) is 2.83. The molecule has 0 saturated carbocycles. The van der Waals surface area contributed by atoms with E-state index in [9.17, 15) is 4.79 Å². The number of hydrogen-bond acceptors (Lipinski definition) is 3. The highest BCUT2D eigenvalue weighted by Crippen LogP contribution is 2.24. The van der Waals surface area contributed by atoms with Crippen LogP contribution in [0.15, 0.2) is 12.1 Å². The Morgan fingerprint density at radius 2 is 2.06 bits per heavy atom. The van der Waals surface area contributed by atoms with Gasteiger partial charge in [0.1, 0.15) is 11.8 Å². The summed E-state index contributed by atoms with van der Waals surface area (Å²) in [5, 5.41) is 8.75. The first-order chi connectivity index (χ1) is 7.47. The SMILES string of the molecule is COc1ccc(C[C@H](N)C(=O)O)c(C)c1C. The predicted molar refractivity (Wildman–Crippen MR) is 61.8 cm³/mol. The van der Waals surface area contributed by atoms with Crippen molar-refractivity contribution in [2.24, 2.45) is 5.73 Å². The lowest BCUT2D eigenvalue weighted by atomic mass is 9.97. The third kappa shape index (κ3) is 2.52. The minimum absolute atomic E-state index is 0.339. The number of carboxylic acids is 1. The van der Waals surface area contributed by atoms with E-state index in [0.29, 0.717) is 6.42 Å². The van der Waals surface area contributed by atoms with E-state index < -0.39 is 12.0 Å². The quantitative estimate of drug-likeness (QED) is 0.806. The van der Waals surface area contributed by atoms with Crippen molar-refractivity contribution >= 4 is 5.97 Å². The summed E-state index contributed by atoms with van der Waals surface area (Å²) in [4.78, 5) is 10.7. The molecule has 4 nitrogen and oxygen atoms in total. The predicted octanol–water partition coefficient (Wildman–Crippen LogP) is 1.27. The molecular formula is C12H17NO3. The van der Waals surface area contributed by atoms with Crippen molar-refractivity contribution in [2.45, 2.75) is 26.3 Å². The zero-order valence-electron chi connectivity index (χ0n) is 9.78. The first-order valence-corrected chi connectivity index (χ1v) is 5.08. The third-order valence-corrected chi connectivity index (χ3v) is 2.83. The molecule has 0 saturated heterocycles. The number of carbonyl (C=O) groups is 1. The maximum atomic E-state index is 10.7. The Bertz CT molecular complexity index is 401. The van der Waals surface area contributed by atoms with Gasteiger partial charge in [0.05, 0.1) is 7.11 Å². The highest BCUT2D eigenvalue weighted by Gasteiger charge is 2.15. The Labute approximate surface area is 95.0 Å². The molecular weight excluding hydrogens is 206 g/mol. The van der Waals surface area contributed by atoms with Crippen LogP contribution in [0.4, 0.5) is 0 Å². The van der Waals surface area contributed by atoms with Gasteiger partial charge < -0.3 is 15.6 Å². The van der Waals surface area contributed by atoms with Crippen LogP contribution in [-0.4, -0.2) is 24.2 Å². The van der Waals surface area contributed by atoms with Gasteiger partial charge in [0, 0.05) is 0 Å². The number of rotatable bonds is 4. The largest absolute Gasteiger partial charge is 0.496 e. The molecule has 0 aromatic heterocycles. The molecule has 1 aromatic rings. The maximum Gasteiger partial charge on any atom is 0.320 e. The molecule has 0 aliphatic carbocycles. The Morgan fingerprint density at radius 3 is 2.56 bits per heavy atom. The average Bonchev–Trinajstić information content (AvgIpc) is 2.25. The lowest BCUT2D eigenvalue weighted by Gasteiger charge is -2.14. The van der Waals surface area contributed by atoms with E-state index >= 15 is 0 Å². The highest BCUT2D eigenvalue weighted by atomic mass is 16.5. The molecule has 3 N–H and O–H groups in total. The summed E-state index contributed by atoms with van der Waals surface area (Å²) in [7, 11) is 1.62. The van der Waals surface area contributed by atoms with Gasteiger partial charge >= 0.3 is 5.97 Å². The summed E-state index contributed by atoms with van der Waals surface area (Å²) in [6, 6.07) is 2.85. The molecule has 0 aliphatic rings. The first-order valence-electron chi connectivity index (χ1n) is 5.08. The van der Waals surface area contributed by atoms with Crippen molar-refractivity contribution < 1.29 is 14.6 Å². The molecule has 16 heavy (non-hydrogen) atoms. The summed E-state index contributed by atoms with van der Waals surface area (Å²) in [6.07, 6.45) is 0.339. The Hall–Kier alpha value is -1.55. The van der Waals surface area contributed by atoms with E-state index in [1.807, 2.05) is 26.0 Å². The summed E-state index contributed by atoms with van der Waals surface area (Å²) < 4.78 is 5.19. The zero-order chi connectivity index (χ0) is 12.3. The summed E-state index contributed by atoms with van der Waals surface area (Å²) in [6.45, 7) is 3.89. The number of ether oxygens (including phenoxy) is 1. The van der Waals surface area contributed by atoms with E-state index in [0.717, 1.165) is 22.4 Å². The smallest absolute Gasteiger partial charge is 0.320 e. The van der Waals surface area contributed by atoms with E-state index in [4.69, 9.17) is 15.6 Å². The van der Waals surface area contributed by atoms with Gasteiger partial charge in [-0.1, -0.05) is 6.07 Å². The molecule has 1 rings (SSSR count). The number of hydrogen-bond donors (Lipinski definition) is 2. The van der Waals surface area contributed by atoms with Crippen molar-refractivity contribution in [3.63, 3.8) is 0 Å². The molecule has 0 unspecified atom stereocenters. The number of benzene rings is 1. The molecule has 88 valence electrons. The molecule has 0 heterocycles. The second-order valence-electron chi connectivity index (χ2n) is 3.83. The van der Waals surface area contributed by atoms with Crippen LogP contribution < -0.4 is 10.5 Å². The molecule has 0 aliphatic heterocycles. The van der Waals surface area contributed by atoms with Crippen LogP contribution in [0, 0.1) is 13.8 Å². The normalized spacial score (nSPS) is 12.2. The Morgan fingerprint density at radius 1 is 1.44 bits per heavy atom. The van der Waals surface area contributed by atoms with Crippen LogP contribution in [0.25, 0.3) is 0 Å². The maximum absolute atomic E-state index is 10.7. The van der Waals surface area contributed by atoms with Crippen LogP contribution in [0.1, 0.15) is 16.7 Å². The van der Waals surface area contributed by atoms with Gasteiger partial charge in [0.2, 0.25) is 0 Å². The molecule has 4 heteroatoms. The molecule has 0 bridgehead atoms. The van der Waals surface area contributed by atoms with Crippen molar-refractivity contribution in [3.05, 3.63) is 28.8 Å². The fraction of sp³-hybridized carbons (Fsp3) is 0.417. The number of aliphatic carboxylic acids is 1. The van der Waals surface area contributed by atoms with Gasteiger partial charge in [-0.2, -0.15) is 0 Å². The van der Waals surface area contributed by atoms with Gasteiger partial charge in [-0.15, -0.1) is 0 Å². The molecule has 0 fully saturated rings. The van der Waals surface area contributed by atoms with Crippen LogP contribution in [-0.2, 0) is 11.2 Å². The second kappa shape index (κ2) is 4.99. The fourth-order valence-electron chi connectivity index (χ4n) is 1.62. The summed E-state index contributed by atoms with van der Waals surface area (Å²) in [5.74, 6) is -0.169. The first kappa shape index (κ1) is 12.5. The number of methoxy groups -OCH3 is 1. The minimum atomic E-state index is -0.979. The van der Waals surface area contributed by atoms with Crippen molar-refractivity contribution in [1.82, 2.24) is 0 Å². The van der Waals surface area contributed by atoms with Gasteiger partial charge in [-0.3, -0.25) is 4.79 Å². The Balaban J connectivity index is 2.99. The van der Waals surface area contributed by atoms with Crippen molar-refractivity contribution in [3.8, 4) is 5.75 Å². The van der Waals surface area contributed by atoms with E-state index in [-0.39, 0.29) is 0 Å². The lowest BCUT2D eigenvalue weighted by Crippen LogP contribution is -2.32. The number of nitrogens with two attached hydrogens (primary N) is 1. The number of carboxylic acid groups (broad SMARTS) is 1. The van der Waals surface area contributed by atoms with Crippen molar-refractivity contribution in [1.29, 1.82) is 0 Å². The lowest BCUT2D eigenvalue weighted by molar-refractivity contribution is -0.138. The molecule has 0 radical (unpaired) electrons. The van der Waals surface area contributed by atoms with E-state index in [2.05, 4.69) is 0 Å². The van der Waals surface area contributed by atoms with Crippen molar-refractivity contribution in [2.75, 3.05) is 7.11 Å². The standard InChI is InChI=1S/C12H17NO3/c1-7-8(2)11(16-3)5-4-9(7)6-10(13)12(14)15/h4-5,10H,6,13H2,1-3H3,(H,14,15)/t10-/m0/s1. The van der Waals surface area contributed by atoms with Gasteiger partial charge in [-0.25, -0.2) is 0 Å². The monoisotopic (exact) mass is 223 g/mol. The Kier molecular flexibility index (Phi) is 3.90. The molecule has 1 aromatic carbocycles. The average molecular weight is 223 g/mol. The van der Waals surface area contributed by atoms with E-state index in [1.54, 1.807) is 7.11 Å². The minimum Gasteiger partial charge on any atom is -0.496 e. The van der Waals surface area contributed by atoms with Gasteiger partial charge in [0.25, 0.3) is 0 Å². The van der Waals surface area contributed by atoms with Gasteiger partial charge in [-0.05, 0) is 43.0 Å². The van der Waals surface area contributed by atoms with Crippen LogP contribution in [0.3, 0.4) is 0 Å². The molecule has 0 spiro atoms. The highest BCUT2D eigenvalue weighted by molar-refractivity contribution is 5.73. The van der Waals surface area contributed by atoms with E-state index in [1.165, 1.54) is 0 Å². The zero-order valence-corrected chi connectivity index (χ0v) is 9.78. The molecule has 0 amide bonds. The van der Waals surface area contributed by atoms with Crippen LogP contribution in [0.5, 0.6) is 5.75 Å². The second-order valence-corrected chi connectivity index (χ2v) is 3.83. The fourth-order valence-corrected chi connectivity index (χ4v) is 1.62. The van der Waals surface area contributed by atoms with Crippen LogP contribution >= 0.6 is 0 Å². The topological polar surface area (TPSA) is 72.5 Å². The molecule has 1 atom stereocenters. The van der Waals surface area contributed by atoms with Crippen LogP contribution in [0.2, 0.25) is 0 Å². The van der Waals surface area contributed by atoms with Gasteiger partial charge in [0.15, 0.2) is 0 Å². The summed E-state index contributed by atoms with van der Waals surface area (Å²) in [5.41, 5.74) is 8.52.